The maximum Gasteiger partial charge on any atom is 0.292 e. The fraction of sp³-hybridized carbons (Fsp3) is 0.538. The summed E-state index contributed by atoms with van der Waals surface area (Å²) in [6.07, 6.45) is 1.66. The highest BCUT2D eigenvalue weighted by Gasteiger charge is 2.42. The molecule has 1 aliphatic rings. The van der Waals surface area contributed by atoms with E-state index in [0.717, 1.165) is 18.4 Å². The Kier molecular flexibility index (Phi) is 3.26. The molecule has 1 aliphatic heterocycles. The van der Waals surface area contributed by atoms with Crippen LogP contribution >= 0.6 is 0 Å². The summed E-state index contributed by atoms with van der Waals surface area (Å²) in [5.74, 6) is 0. The molecule has 0 spiro atoms. The minimum Gasteiger partial charge on any atom is -0.386 e. The zero-order valence-electron chi connectivity index (χ0n) is 10.7. The predicted molar refractivity (Wildman–Crippen MR) is 69.9 cm³/mol. The maximum atomic E-state index is 11.0. The molecule has 5 nitrogen and oxygen atoms in total. The van der Waals surface area contributed by atoms with Crippen molar-refractivity contribution in [1.82, 2.24) is 0 Å². The van der Waals surface area contributed by atoms with E-state index in [2.05, 4.69) is 0 Å². The van der Waals surface area contributed by atoms with E-state index in [1.165, 1.54) is 0 Å². The molecule has 1 saturated heterocycles. The number of benzene rings is 1. The molecule has 1 aromatic carbocycles. The number of nitro benzene ring substituents is 1. The highest BCUT2D eigenvalue weighted by Crippen LogP contribution is 2.36. The van der Waals surface area contributed by atoms with Gasteiger partial charge in [0.15, 0.2) is 0 Å². The number of hydrogen-bond acceptors (Lipinski definition) is 4. The third-order valence-corrected chi connectivity index (χ3v) is 3.35. The number of rotatable bonds is 4. The minimum atomic E-state index is -0.673. The molecule has 5 heteroatoms. The van der Waals surface area contributed by atoms with E-state index in [1.807, 2.05) is 24.8 Å². The van der Waals surface area contributed by atoms with Gasteiger partial charge in [0.1, 0.15) is 5.69 Å². The van der Waals surface area contributed by atoms with Crippen molar-refractivity contribution in [2.45, 2.75) is 32.3 Å². The summed E-state index contributed by atoms with van der Waals surface area (Å²) >= 11 is 0. The van der Waals surface area contributed by atoms with Crippen molar-refractivity contribution in [2.24, 2.45) is 0 Å². The van der Waals surface area contributed by atoms with Crippen LogP contribution in [0.4, 0.5) is 11.4 Å². The second kappa shape index (κ2) is 4.57. The molecular formula is C13H18N2O3. The van der Waals surface area contributed by atoms with Crippen LogP contribution < -0.4 is 4.90 Å². The zero-order valence-corrected chi connectivity index (χ0v) is 10.7. The normalized spacial score (nSPS) is 17.4. The van der Waals surface area contributed by atoms with Crippen LogP contribution in [0.5, 0.6) is 0 Å². The number of aryl methyl sites for hydroxylation is 1. The standard InChI is InChI=1S/C13H18N2O3/c1-3-6-13(16)8-14(9-13)11-5-4-10(2)7-12(11)15(17)18/h4-5,7,16H,3,6,8-9H2,1-2H3. The second-order valence-corrected chi connectivity index (χ2v) is 5.08. The number of nitro groups is 1. The average Bonchev–Trinajstić information content (AvgIpc) is 2.26. The van der Waals surface area contributed by atoms with Crippen molar-refractivity contribution in [3.05, 3.63) is 33.9 Å². The van der Waals surface area contributed by atoms with Crippen molar-refractivity contribution < 1.29 is 10.0 Å². The van der Waals surface area contributed by atoms with Gasteiger partial charge < -0.3 is 10.0 Å². The first-order valence-electron chi connectivity index (χ1n) is 6.17. The van der Waals surface area contributed by atoms with E-state index in [9.17, 15) is 15.2 Å². The first-order chi connectivity index (χ1) is 8.45. The molecule has 0 atom stereocenters. The summed E-state index contributed by atoms with van der Waals surface area (Å²) in [4.78, 5) is 12.5. The molecule has 0 saturated carbocycles. The van der Waals surface area contributed by atoms with E-state index in [0.29, 0.717) is 18.8 Å². The van der Waals surface area contributed by atoms with E-state index in [1.54, 1.807) is 12.1 Å². The van der Waals surface area contributed by atoms with Gasteiger partial charge in [-0.25, -0.2) is 0 Å². The Morgan fingerprint density at radius 1 is 1.50 bits per heavy atom. The van der Waals surface area contributed by atoms with Crippen LogP contribution in [0.2, 0.25) is 0 Å². The SMILES string of the molecule is CCCC1(O)CN(c2ccc(C)cc2[N+](=O)[O-])C1. The Morgan fingerprint density at radius 2 is 2.17 bits per heavy atom. The molecule has 1 heterocycles. The molecule has 1 fully saturated rings. The molecule has 2 rings (SSSR count). The van der Waals surface area contributed by atoms with E-state index in [-0.39, 0.29) is 10.6 Å². The van der Waals surface area contributed by atoms with Crippen molar-refractivity contribution >= 4 is 11.4 Å². The van der Waals surface area contributed by atoms with Crippen molar-refractivity contribution in [1.29, 1.82) is 0 Å². The first-order valence-corrected chi connectivity index (χ1v) is 6.17. The molecule has 1 aromatic rings. The van der Waals surface area contributed by atoms with Crippen LogP contribution in [0.15, 0.2) is 18.2 Å². The molecule has 0 radical (unpaired) electrons. The lowest BCUT2D eigenvalue weighted by Crippen LogP contribution is -2.62. The second-order valence-electron chi connectivity index (χ2n) is 5.08. The summed E-state index contributed by atoms with van der Waals surface area (Å²) < 4.78 is 0. The Morgan fingerprint density at radius 3 is 2.72 bits per heavy atom. The smallest absolute Gasteiger partial charge is 0.292 e. The maximum absolute atomic E-state index is 11.0. The van der Waals surface area contributed by atoms with Crippen LogP contribution in [-0.2, 0) is 0 Å². The van der Waals surface area contributed by atoms with Gasteiger partial charge in [-0.3, -0.25) is 10.1 Å². The quantitative estimate of drug-likeness (QED) is 0.657. The largest absolute Gasteiger partial charge is 0.386 e. The fourth-order valence-electron chi connectivity index (χ4n) is 2.51. The van der Waals surface area contributed by atoms with E-state index < -0.39 is 5.60 Å². The van der Waals surface area contributed by atoms with Gasteiger partial charge in [0.25, 0.3) is 5.69 Å². The highest BCUT2D eigenvalue weighted by atomic mass is 16.6. The van der Waals surface area contributed by atoms with E-state index >= 15 is 0 Å². The van der Waals surface area contributed by atoms with Crippen molar-refractivity contribution in [3.63, 3.8) is 0 Å². The van der Waals surface area contributed by atoms with Crippen LogP contribution in [0.3, 0.4) is 0 Å². The van der Waals surface area contributed by atoms with Gasteiger partial charge >= 0.3 is 0 Å². The van der Waals surface area contributed by atoms with Crippen molar-refractivity contribution in [2.75, 3.05) is 18.0 Å². The fourth-order valence-corrected chi connectivity index (χ4v) is 2.51. The van der Waals surface area contributed by atoms with Gasteiger partial charge in [-0.05, 0) is 25.0 Å². The van der Waals surface area contributed by atoms with Crippen LogP contribution in [0.25, 0.3) is 0 Å². The Bertz CT molecular complexity index is 467. The molecular weight excluding hydrogens is 232 g/mol. The summed E-state index contributed by atoms with van der Waals surface area (Å²) in [6.45, 7) is 4.81. The van der Waals surface area contributed by atoms with Gasteiger partial charge in [0, 0.05) is 19.2 Å². The Balaban J connectivity index is 2.19. The Hall–Kier alpha value is -1.62. The molecule has 0 unspecified atom stereocenters. The molecule has 0 aromatic heterocycles. The van der Waals surface area contributed by atoms with Crippen LogP contribution in [0.1, 0.15) is 25.3 Å². The Labute approximate surface area is 106 Å². The van der Waals surface area contributed by atoms with Crippen LogP contribution in [0, 0.1) is 17.0 Å². The highest BCUT2D eigenvalue weighted by molar-refractivity contribution is 5.66. The van der Waals surface area contributed by atoms with Crippen LogP contribution in [-0.4, -0.2) is 28.7 Å². The zero-order chi connectivity index (χ0) is 13.3. The number of β-amino-alcohol motifs (C(OH)–C–C–N with tert-alkyl or cyclic N) is 1. The van der Waals surface area contributed by atoms with Gasteiger partial charge in [0.2, 0.25) is 0 Å². The minimum absolute atomic E-state index is 0.119. The van der Waals surface area contributed by atoms with Crippen molar-refractivity contribution in [3.8, 4) is 0 Å². The lowest BCUT2D eigenvalue weighted by atomic mass is 9.88. The summed E-state index contributed by atoms with van der Waals surface area (Å²) in [7, 11) is 0. The van der Waals surface area contributed by atoms with Gasteiger partial charge in [-0.15, -0.1) is 0 Å². The predicted octanol–water partition coefficient (Wildman–Crippen LogP) is 2.25. The summed E-state index contributed by atoms with van der Waals surface area (Å²) in [5.41, 5.74) is 0.919. The van der Waals surface area contributed by atoms with Gasteiger partial charge in [-0.2, -0.15) is 0 Å². The number of aliphatic hydroxyl groups is 1. The van der Waals surface area contributed by atoms with Gasteiger partial charge in [0.05, 0.1) is 10.5 Å². The lowest BCUT2D eigenvalue weighted by molar-refractivity contribution is -0.384. The first kappa shape index (κ1) is 12.8. The summed E-state index contributed by atoms with van der Waals surface area (Å²) in [6, 6.07) is 5.20. The molecule has 18 heavy (non-hydrogen) atoms. The number of nitrogens with zero attached hydrogens (tertiary/aromatic N) is 2. The third kappa shape index (κ3) is 2.31. The van der Waals surface area contributed by atoms with Gasteiger partial charge in [-0.1, -0.05) is 19.4 Å². The topological polar surface area (TPSA) is 66.6 Å². The molecule has 1 N–H and O–H groups in total. The monoisotopic (exact) mass is 250 g/mol. The molecule has 0 bridgehead atoms. The number of hydrogen-bond donors (Lipinski definition) is 1. The third-order valence-electron chi connectivity index (χ3n) is 3.35. The lowest BCUT2D eigenvalue weighted by Gasteiger charge is -2.47. The van der Waals surface area contributed by atoms with E-state index in [4.69, 9.17) is 0 Å². The molecule has 0 aliphatic carbocycles. The summed E-state index contributed by atoms with van der Waals surface area (Å²) in [5, 5.41) is 21.1. The molecule has 98 valence electrons. The average molecular weight is 250 g/mol. The number of anilines is 1. The molecule has 0 amide bonds.